The van der Waals surface area contributed by atoms with Crippen molar-refractivity contribution in [3.63, 3.8) is 0 Å². The van der Waals surface area contributed by atoms with Gasteiger partial charge in [-0.1, -0.05) is 12.1 Å². The van der Waals surface area contributed by atoms with Crippen LogP contribution in [0.4, 0.5) is 5.69 Å². The third kappa shape index (κ3) is 4.50. The van der Waals surface area contributed by atoms with Gasteiger partial charge in [-0.15, -0.1) is 0 Å². The van der Waals surface area contributed by atoms with Crippen molar-refractivity contribution in [1.29, 1.82) is 0 Å². The molecule has 3 heteroatoms. The molecule has 1 saturated heterocycles. The fourth-order valence-electron chi connectivity index (χ4n) is 2.93. The highest BCUT2D eigenvalue weighted by Gasteiger charge is 2.18. The molecule has 1 aliphatic heterocycles. The first-order chi connectivity index (χ1) is 9.69. The van der Waals surface area contributed by atoms with Gasteiger partial charge >= 0.3 is 0 Å². The zero-order valence-corrected chi connectivity index (χ0v) is 13.1. The minimum absolute atomic E-state index is 0.594. The molecule has 1 unspecified atom stereocenters. The van der Waals surface area contributed by atoms with Crippen LogP contribution in [0.25, 0.3) is 0 Å². The number of benzene rings is 1. The Kier molecular flexibility index (Phi) is 5.86. The number of rotatable bonds is 5. The molecule has 3 nitrogen and oxygen atoms in total. The molecule has 0 bridgehead atoms. The van der Waals surface area contributed by atoms with Crippen LogP contribution in [0, 0.1) is 0 Å². The summed E-state index contributed by atoms with van der Waals surface area (Å²) >= 11 is 0. The van der Waals surface area contributed by atoms with E-state index in [-0.39, 0.29) is 0 Å². The second-order valence-electron chi connectivity index (χ2n) is 6.04. The van der Waals surface area contributed by atoms with Crippen molar-refractivity contribution in [3.8, 4) is 0 Å². The molecule has 1 aromatic rings. The maximum absolute atomic E-state index is 5.20. The number of likely N-dealkylation sites (tertiary alicyclic amines) is 1. The number of nitrogens with zero attached hydrogens (tertiary/aromatic N) is 1. The van der Waals surface area contributed by atoms with Crippen LogP contribution < -0.4 is 5.32 Å². The minimum Gasteiger partial charge on any atom is -0.382 e. The molecule has 2 rings (SSSR count). The molecule has 1 aromatic carbocycles. The van der Waals surface area contributed by atoms with Gasteiger partial charge in [-0.05, 0) is 57.4 Å². The smallest absolute Gasteiger partial charge is 0.0713 e. The van der Waals surface area contributed by atoms with Crippen LogP contribution in [0.3, 0.4) is 0 Å². The highest BCUT2D eigenvalue weighted by molar-refractivity contribution is 5.46. The van der Waals surface area contributed by atoms with Crippen LogP contribution in [0.1, 0.15) is 38.7 Å². The molecule has 0 spiro atoms. The van der Waals surface area contributed by atoms with Gasteiger partial charge in [0, 0.05) is 31.4 Å². The number of methoxy groups -OCH3 is 1. The van der Waals surface area contributed by atoms with E-state index in [1.165, 1.54) is 43.6 Å². The van der Waals surface area contributed by atoms with Gasteiger partial charge < -0.3 is 15.0 Å². The highest BCUT2D eigenvalue weighted by atomic mass is 16.5. The lowest BCUT2D eigenvalue weighted by Gasteiger charge is -2.24. The standard InChI is InChI=1S/C17H28N2O/c1-14(2)19-10-5-8-16(9-11-19)18-17-7-4-6-15(12-17)13-20-3/h4,6-7,12,14,16,18H,5,8-11,13H2,1-3H3. The SMILES string of the molecule is COCc1cccc(NC2CCCN(C(C)C)CC2)c1. The van der Waals surface area contributed by atoms with Crippen molar-refractivity contribution in [2.24, 2.45) is 0 Å². The van der Waals surface area contributed by atoms with Gasteiger partial charge in [0.05, 0.1) is 6.61 Å². The predicted octanol–water partition coefficient (Wildman–Crippen LogP) is 3.51. The Balaban J connectivity index is 1.91. The van der Waals surface area contributed by atoms with Crippen molar-refractivity contribution in [2.45, 2.75) is 51.8 Å². The van der Waals surface area contributed by atoms with E-state index < -0.39 is 0 Å². The zero-order chi connectivity index (χ0) is 14.4. The largest absolute Gasteiger partial charge is 0.382 e. The summed E-state index contributed by atoms with van der Waals surface area (Å²) in [5.74, 6) is 0. The minimum atomic E-state index is 0.594. The third-order valence-electron chi connectivity index (χ3n) is 4.10. The first-order valence-corrected chi connectivity index (χ1v) is 7.77. The van der Waals surface area contributed by atoms with E-state index in [2.05, 4.69) is 48.3 Å². The molecule has 0 aromatic heterocycles. The van der Waals surface area contributed by atoms with Crippen molar-refractivity contribution in [3.05, 3.63) is 29.8 Å². The molecule has 1 aliphatic rings. The Morgan fingerprint density at radius 2 is 2.15 bits per heavy atom. The maximum Gasteiger partial charge on any atom is 0.0713 e. The zero-order valence-electron chi connectivity index (χ0n) is 13.1. The summed E-state index contributed by atoms with van der Waals surface area (Å²) in [4.78, 5) is 2.59. The topological polar surface area (TPSA) is 24.5 Å². The van der Waals surface area contributed by atoms with Crippen molar-refractivity contribution >= 4 is 5.69 Å². The summed E-state index contributed by atoms with van der Waals surface area (Å²) in [5, 5.41) is 3.70. The first kappa shape index (κ1) is 15.3. The van der Waals surface area contributed by atoms with Gasteiger partial charge in [-0.25, -0.2) is 0 Å². The fourth-order valence-corrected chi connectivity index (χ4v) is 2.93. The summed E-state index contributed by atoms with van der Waals surface area (Å²) < 4.78 is 5.20. The van der Waals surface area contributed by atoms with E-state index in [9.17, 15) is 0 Å². The molecular weight excluding hydrogens is 248 g/mol. The lowest BCUT2D eigenvalue weighted by atomic mass is 10.1. The van der Waals surface area contributed by atoms with E-state index in [1.54, 1.807) is 7.11 Å². The van der Waals surface area contributed by atoms with Crippen molar-refractivity contribution in [2.75, 3.05) is 25.5 Å². The van der Waals surface area contributed by atoms with E-state index in [4.69, 9.17) is 4.74 Å². The quantitative estimate of drug-likeness (QED) is 0.890. The van der Waals surface area contributed by atoms with Crippen LogP contribution in [-0.4, -0.2) is 37.2 Å². The van der Waals surface area contributed by atoms with Gasteiger partial charge in [-0.3, -0.25) is 0 Å². The van der Waals surface area contributed by atoms with E-state index >= 15 is 0 Å². The summed E-state index contributed by atoms with van der Waals surface area (Å²) in [6, 6.07) is 9.84. The van der Waals surface area contributed by atoms with Crippen LogP contribution in [0.15, 0.2) is 24.3 Å². The van der Waals surface area contributed by atoms with Crippen molar-refractivity contribution in [1.82, 2.24) is 4.90 Å². The highest BCUT2D eigenvalue weighted by Crippen LogP contribution is 2.19. The maximum atomic E-state index is 5.20. The second-order valence-corrected chi connectivity index (χ2v) is 6.04. The van der Waals surface area contributed by atoms with Crippen LogP contribution in [0.2, 0.25) is 0 Å². The Bertz CT molecular complexity index is 406. The molecule has 0 aliphatic carbocycles. The molecule has 1 N–H and O–H groups in total. The first-order valence-electron chi connectivity index (χ1n) is 7.77. The van der Waals surface area contributed by atoms with Gasteiger partial charge in [-0.2, -0.15) is 0 Å². The molecule has 0 radical (unpaired) electrons. The average Bonchev–Trinajstić information content (AvgIpc) is 2.65. The number of hydrogen-bond acceptors (Lipinski definition) is 3. The molecule has 1 heterocycles. The third-order valence-corrected chi connectivity index (χ3v) is 4.10. The van der Waals surface area contributed by atoms with E-state index in [0.29, 0.717) is 18.7 Å². The fraction of sp³-hybridized carbons (Fsp3) is 0.647. The molecule has 112 valence electrons. The van der Waals surface area contributed by atoms with Crippen molar-refractivity contribution < 1.29 is 4.74 Å². The lowest BCUT2D eigenvalue weighted by Crippen LogP contribution is -2.32. The van der Waals surface area contributed by atoms with Crippen LogP contribution in [-0.2, 0) is 11.3 Å². The van der Waals surface area contributed by atoms with Gasteiger partial charge in [0.2, 0.25) is 0 Å². The second kappa shape index (κ2) is 7.65. The molecule has 1 fully saturated rings. The molecular formula is C17H28N2O. The Hall–Kier alpha value is -1.06. The van der Waals surface area contributed by atoms with Gasteiger partial charge in [0.1, 0.15) is 0 Å². The van der Waals surface area contributed by atoms with Gasteiger partial charge in [0.25, 0.3) is 0 Å². The van der Waals surface area contributed by atoms with E-state index in [1.807, 2.05) is 0 Å². The molecule has 20 heavy (non-hydrogen) atoms. The monoisotopic (exact) mass is 276 g/mol. The number of anilines is 1. The summed E-state index contributed by atoms with van der Waals surface area (Å²) in [6.45, 7) is 7.71. The average molecular weight is 276 g/mol. The van der Waals surface area contributed by atoms with Crippen LogP contribution >= 0.6 is 0 Å². The molecule has 0 saturated carbocycles. The molecule has 1 atom stereocenters. The summed E-state index contributed by atoms with van der Waals surface area (Å²) in [7, 11) is 1.74. The Labute approximate surface area is 123 Å². The number of ether oxygens (including phenoxy) is 1. The predicted molar refractivity (Wildman–Crippen MR) is 85.1 cm³/mol. The Morgan fingerprint density at radius 3 is 2.90 bits per heavy atom. The number of hydrogen-bond donors (Lipinski definition) is 1. The number of nitrogens with one attached hydrogen (secondary N) is 1. The normalized spacial score (nSPS) is 20.9. The molecule has 0 amide bonds. The van der Waals surface area contributed by atoms with Crippen LogP contribution in [0.5, 0.6) is 0 Å². The lowest BCUT2D eigenvalue weighted by molar-refractivity contribution is 0.185. The summed E-state index contributed by atoms with van der Waals surface area (Å²) in [6.07, 6.45) is 3.78. The Morgan fingerprint density at radius 1 is 1.30 bits per heavy atom. The van der Waals surface area contributed by atoms with Gasteiger partial charge in [0.15, 0.2) is 0 Å². The summed E-state index contributed by atoms with van der Waals surface area (Å²) in [5.41, 5.74) is 2.46. The van der Waals surface area contributed by atoms with E-state index in [0.717, 1.165) is 0 Å².